The highest BCUT2D eigenvalue weighted by molar-refractivity contribution is 6.29. The van der Waals surface area contributed by atoms with Crippen LogP contribution >= 0.6 is 11.6 Å². The fourth-order valence-corrected chi connectivity index (χ4v) is 1.67. The lowest BCUT2D eigenvalue weighted by molar-refractivity contribution is 0.163. The van der Waals surface area contributed by atoms with Gasteiger partial charge in [-0.3, -0.25) is 0 Å². The molecule has 1 unspecified atom stereocenters. The Labute approximate surface area is 102 Å². The van der Waals surface area contributed by atoms with Crippen molar-refractivity contribution in [1.82, 2.24) is 4.98 Å². The Balaban J connectivity index is 2.26. The third kappa shape index (κ3) is 4.77. The van der Waals surface area contributed by atoms with Crippen LogP contribution in [0.5, 0.6) is 0 Å². The molecule has 1 aromatic rings. The van der Waals surface area contributed by atoms with Gasteiger partial charge in [-0.2, -0.15) is 0 Å². The Morgan fingerprint density at radius 2 is 2.19 bits per heavy atom. The molecule has 0 spiro atoms. The maximum absolute atomic E-state index is 9.86. The minimum Gasteiger partial charge on any atom is -0.388 e. The van der Waals surface area contributed by atoms with Gasteiger partial charge in [0.1, 0.15) is 5.15 Å². The second kappa shape index (κ2) is 7.42. The van der Waals surface area contributed by atoms with Gasteiger partial charge in [-0.25, -0.2) is 4.98 Å². The number of halogens is 1. The summed E-state index contributed by atoms with van der Waals surface area (Å²) in [5.74, 6) is 0. The molecule has 0 amide bonds. The van der Waals surface area contributed by atoms with Gasteiger partial charge < -0.3 is 5.11 Å². The monoisotopic (exact) mass is 239 g/mol. The van der Waals surface area contributed by atoms with E-state index >= 15 is 0 Å². The molecule has 0 radical (unpaired) electrons. The van der Waals surface area contributed by atoms with Crippen LogP contribution in [0.4, 0.5) is 0 Å². The normalized spacial score (nSPS) is 12.4. The predicted molar refractivity (Wildman–Crippen MR) is 67.5 cm³/mol. The zero-order valence-corrected chi connectivity index (χ0v) is 10.2. The van der Waals surface area contributed by atoms with E-state index < -0.39 is 6.10 Å². The number of aliphatic hydroxyl groups excluding tert-OH is 1. The number of rotatable bonds is 7. The summed E-state index contributed by atoms with van der Waals surface area (Å²) in [4.78, 5) is 3.95. The molecular formula is C13H18ClNO. The molecule has 16 heavy (non-hydrogen) atoms. The zero-order chi connectivity index (χ0) is 11.8. The summed E-state index contributed by atoms with van der Waals surface area (Å²) in [6, 6.07) is 3.53. The average molecular weight is 240 g/mol. The molecule has 0 aromatic carbocycles. The van der Waals surface area contributed by atoms with Gasteiger partial charge in [-0.1, -0.05) is 36.6 Å². The van der Waals surface area contributed by atoms with Crippen LogP contribution in [0.25, 0.3) is 0 Å². The molecule has 0 saturated heterocycles. The molecule has 1 N–H and O–H groups in total. The quantitative estimate of drug-likeness (QED) is 0.445. The number of aliphatic hydroxyl groups is 1. The summed E-state index contributed by atoms with van der Waals surface area (Å²) < 4.78 is 0. The highest BCUT2D eigenvalue weighted by atomic mass is 35.5. The van der Waals surface area contributed by atoms with Crippen LogP contribution in [0.3, 0.4) is 0 Å². The Morgan fingerprint density at radius 3 is 2.81 bits per heavy atom. The largest absolute Gasteiger partial charge is 0.388 e. The summed E-state index contributed by atoms with van der Waals surface area (Å²) in [7, 11) is 0. The molecule has 2 nitrogen and oxygen atoms in total. The molecule has 1 aromatic heterocycles. The van der Waals surface area contributed by atoms with Crippen molar-refractivity contribution in [3.05, 3.63) is 41.7 Å². The lowest BCUT2D eigenvalue weighted by Crippen LogP contribution is -1.98. The van der Waals surface area contributed by atoms with Crippen LogP contribution in [-0.2, 0) is 0 Å². The minimum absolute atomic E-state index is 0.423. The highest BCUT2D eigenvalue weighted by Gasteiger charge is 2.07. The van der Waals surface area contributed by atoms with Gasteiger partial charge in [0.2, 0.25) is 0 Å². The van der Waals surface area contributed by atoms with Gasteiger partial charge in [0.05, 0.1) is 6.10 Å². The average Bonchev–Trinajstić information content (AvgIpc) is 2.29. The van der Waals surface area contributed by atoms with Crippen molar-refractivity contribution in [2.24, 2.45) is 0 Å². The van der Waals surface area contributed by atoms with Gasteiger partial charge in [-0.15, -0.1) is 6.58 Å². The van der Waals surface area contributed by atoms with Crippen LogP contribution in [0, 0.1) is 0 Å². The zero-order valence-electron chi connectivity index (χ0n) is 9.40. The Kier molecular flexibility index (Phi) is 6.12. The number of pyridine rings is 1. The molecule has 0 fully saturated rings. The van der Waals surface area contributed by atoms with Crippen LogP contribution in [-0.4, -0.2) is 10.1 Å². The fourth-order valence-electron chi connectivity index (χ4n) is 1.55. The van der Waals surface area contributed by atoms with Gasteiger partial charge in [-0.05, 0) is 30.9 Å². The van der Waals surface area contributed by atoms with Gasteiger partial charge in [0.15, 0.2) is 0 Å². The Morgan fingerprint density at radius 1 is 1.38 bits per heavy atom. The molecule has 1 atom stereocenters. The number of allylic oxidation sites excluding steroid dienone is 1. The smallest absolute Gasteiger partial charge is 0.129 e. The van der Waals surface area contributed by atoms with E-state index in [0.717, 1.165) is 37.7 Å². The van der Waals surface area contributed by atoms with E-state index in [-0.39, 0.29) is 0 Å². The van der Waals surface area contributed by atoms with Crippen molar-refractivity contribution in [3.63, 3.8) is 0 Å². The van der Waals surface area contributed by atoms with Crippen molar-refractivity contribution in [2.45, 2.75) is 38.2 Å². The number of hydrogen-bond donors (Lipinski definition) is 1. The number of aromatic nitrogens is 1. The van der Waals surface area contributed by atoms with Gasteiger partial charge in [0.25, 0.3) is 0 Å². The maximum Gasteiger partial charge on any atom is 0.129 e. The minimum atomic E-state index is -0.423. The van der Waals surface area contributed by atoms with Crippen LogP contribution in [0.1, 0.15) is 43.8 Å². The first-order valence-electron chi connectivity index (χ1n) is 5.64. The van der Waals surface area contributed by atoms with E-state index in [2.05, 4.69) is 11.6 Å². The van der Waals surface area contributed by atoms with Crippen LogP contribution in [0.15, 0.2) is 31.0 Å². The number of hydrogen-bond acceptors (Lipinski definition) is 2. The first kappa shape index (κ1) is 13.2. The lowest BCUT2D eigenvalue weighted by Gasteiger charge is -2.09. The molecule has 0 aliphatic rings. The Bertz CT molecular complexity index is 310. The van der Waals surface area contributed by atoms with E-state index in [1.54, 1.807) is 12.3 Å². The summed E-state index contributed by atoms with van der Waals surface area (Å²) in [6.07, 6.45) is 8.28. The molecule has 1 rings (SSSR count). The summed E-state index contributed by atoms with van der Waals surface area (Å²) >= 11 is 5.68. The number of nitrogens with zero attached hydrogens (tertiary/aromatic N) is 1. The van der Waals surface area contributed by atoms with Crippen molar-refractivity contribution < 1.29 is 5.11 Å². The first-order chi connectivity index (χ1) is 7.74. The topological polar surface area (TPSA) is 33.1 Å². The molecule has 0 aliphatic carbocycles. The second-order valence-electron chi connectivity index (χ2n) is 3.86. The van der Waals surface area contributed by atoms with Gasteiger partial charge >= 0.3 is 0 Å². The van der Waals surface area contributed by atoms with Crippen LogP contribution in [0.2, 0.25) is 5.15 Å². The van der Waals surface area contributed by atoms with E-state index in [1.165, 1.54) is 0 Å². The van der Waals surface area contributed by atoms with E-state index in [1.807, 2.05) is 12.1 Å². The molecule has 0 bridgehead atoms. The van der Waals surface area contributed by atoms with E-state index in [4.69, 9.17) is 11.6 Å². The highest BCUT2D eigenvalue weighted by Crippen LogP contribution is 2.20. The molecule has 0 saturated carbocycles. The Hall–Kier alpha value is -0.860. The summed E-state index contributed by atoms with van der Waals surface area (Å²) in [6.45, 7) is 3.68. The standard InChI is InChI=1S/C13H18ClNO/c1-2-3-4-5-6-7-12(16)11-8-9-13(14)15-10-11/h2,8-10,12,16H,1,3-7H2. The molecule has 0 aliphatic heterocycles. The SMILES string of the molecule is C=CCCCCCC(O)c1ccc(Cl)nc1. The molecular weight excluding hydrogens is 222 g/mol. The van der Waals surface area contributed by atoms with E-state index in [9.17, 15) is 5.11 Å². The maximum atomic E-state index is 9.86. The third-order valence-corrected chi connectivity index (χ3v) is 2.74. The summed E-state index contributed by atoms with van der Waals surface area (Å²) in [5, 5.41) is 10.3. The van der Waals surface area contributed by atoms with Gasteiger partial charge in [0, 0.05) is 6.20 Å². The first-order valence-corrected chi connectivity index (χ1v) is 6.02. The predicted octanol–water partition coefficient (Wildman–Crippen LogP) is 3.90. The van der Waals surface area contributed by atoms with Crippen molar-refractivity contribution in [2.75, 3.05) is 0 Å². The van der Waals surface area contributed by atoms with E-state index in [0.29, 0.717) is 5.15 Å². The van der Waals surface area contributed by atoms with Crippen LogP contribution < -0.4 is 0 Å². The lowest BCUT2D eigenvalue weighted by atomic mass is 10.0. The fraction of sp³-hybridized carbons (Fsp3) is 0.462. The second-order valence-corrected chi connectivity index (χ2v) is 4.24. The number of unbranched alkanes of at least 4 members (excludes halogenated alkanes) is 3. The van der Waals surface area contributed by atoms with Crippen molar-refractivity contribution in [3.8, 4) is 0 Å². The molecule has 88 valence electrons. The third-order valence-electron chi connectivity index (χ3n) is 2.52. The molecule has 3 heteroatoms. The van der Waals surface area contributed by atoms with Crippen molar-refractivity contribution >= 4 is 11.6 Å². The van der Waals surface area contributed by atoms with Crippen molar-refractivity contribution in [1.29, 1.82) is 0 Å². The summed E-state index contributed by atoms with van der Waals surface area (Å²) in [5.41, 5.74) is 0.841. The molecule has 1 heterocycles.